The normalized spacial score (nSPS) is 12.0. The minimum Gasteiger partial charge on any atom is -0.494 e. The number of benzene rings is 3. The van der Waals surface area contributed by atoms with Gasteiger partial charge in [0.15, 0.2) is 0 Å². The van der Waals surface area contributed by atoms with Gasteiger partial charge in [-0.3, -0.25) is 0 Å². The highest BCUT2D eigenvalue weighted by Crippen LogP contribution is 2.26. The summed E-state index contributed by atoms with van der Waals surface area (Å²) in [7, 11) is 0. The van der Waals surface area contributed by atoms with E-state index in [2.05, 4.69) is 63.2 Å². The summed E-state index contributed by atoms with van der Waals surface area (Å²) < 4.78 is 12.0. The third kappa shape index (κ3) is 10.6. The van der Waals surface area contributed by atoms with Crippen LogP contribution >= 0.6 is 0 Å². The van der Waals surface area contributed by atoms with E-state index in [0.29, 0.717) is 5.56 Å². The van der Waals surface area contributed by atoms with Crippen molar-refractivity contribution in [2.24, 2.45) is 0 Å². The van der Waals surface area contributed by atoms with Crippen LogP contribution < -0.4 is 4.74 Å². The van der Waals surface area contributed by atoms with Crippen LogP contribution in [-0.2, 0) is 17.6 Å². The number of hydrogen-bond acceptors (Lipinski definition) is 3. The minimum atomic E-state index is -0.185. The highest BCUT2D eigenvalue weighted by Gasteiger charge is 2.17. The molecule has 0 aliphatic rings. The van der Waals surface area contributed by atoms with Gasteiger partial charge in [0, 0.05) is 0 Å². The molecule has 1 atom stereocenters. The first-order valence-electron chi connectivity index (χ1n) is 16.1. The predicted molar refractivity (Wildman–Crippen MR) is 170 cm³/mol. The highest BCUT2D eigenvalue weighted by atomic mass is 16.5. The molecule has 1 unspecified atom stereocenters. The maximum atomic E-state index is 13.1. The van der Waals surface area contributed by atoms with E-state index in [9.17, 15) is 4.79 Å². The largest absolute Gasteiger partial charge is 0.494 e. The third-order valence-corrected chi connectivity index (χ3v) is 7.97. The lowest BCUT2D eigenvalue weighted by molar-refractivity contribution is 0.0266. The van der Waals surface area contributed by atoms with Gasteiger partial charge in [0.25, 0.3) is 0 Å². The molecule has 3 rings (SSSR count). The van der Waals surface area contributed by atoms with Crippen molar-refractivity contribution < 1.29 is 14.3 Å². The van der Waals surface area contributed by atoms with Crippen molar-refractivity contribution in [1.29, 1.82) is 0 Å². The first-order chi connectivity index (χ1) is 19.7. The van der Waals surface area contributed by atoms with E-state index in [4.69, 9.17) is 9.47 Å². The second kappa shape index (κ2) is 18.5. The fraction of sp³-hybridized carbons (Fsp3) is 0.541. The summed E-state index contributed by atoms with van der Waals surface area (Å²) in [5.74, 6) is 0.764. The Morgan fingerprint density at radius 2 is 1.38 bits per heavy atom. The molecule has 0 spiro atoms. The Kier molecular flexibility index (Phi) is 14.7. The zero-order valence-corrected chi connectivity index (χ0v) is 25.4. The number of rotatable bonds is 20. The van der Waals surface area contributed by atoms with Crippen LogP contribution in [0.4, 0.5) is 0 Å². The summed E-state index contributed by atoms with van der Waals surface area (Å²) >= 11 is 0. The van der Waals surface area contributed by atoms with Crippen LogP contribution in [0.3, 0.4) is 0 Å². The molecule has 3 heteroatoms. The molecular weight excluding hydrogens is 492 g/mol. The van der Waals surface area contributed by atoms with Gasteiger partial charge in [-0.05, 0) is 78.6 Å². The first kappa shape index (κ1) is 31.7. The summed E-state index contributed by atoms with van der Waals surface area (Å²) in [6.07, 6.45) is 17.4. The van der Waals surface area contributed by atoms with Crippen molar-refractivity contribution in [2.75, 3.05) is 6.61 Å². The molecule has 218 valence electrons. The first-order valence-corrected chi connectivity index (χ1v) is 16.1. The molecule has 0 amide bonds. The standard InChI is InChI=1S/C37H52O3/c1-4-7-9-10-11-12-13-17-28-39-34-26-27-35-30(20-18-21-32(35)29-34)24-25-31-19-15-16-23-36(31)37(38)40-33(6-3)22-14-8-5-2/h15-16,18-21,23,26-27,29,33H,4-14,17,22,24-25,28H2,1-3H3. The van der Waals surface area contributed by atoms with Gasteiger partial charge in [-0.15, -0.1) is 0 Å². The van der Waals surface area contributed by atoms with Gasteiger partial charge in [-0.1, -0.05) is 121 Å². The summed E-state index contributed by atoms with van der Waals surface area (Å²) in [6.45, 7) is 7.35. The lowest BCUT2D eigenvalue weighted by Crippen LogP contribution is -2.19. The molecule has 0 heterocycles. The number of esters is 1. The van der Waals surface area contributed by atoms with Crippen LogP contribution in [0.25, 0.3) is 10.8 Å². The Hall–Kier alpha value is -2.81. The van der Waals surface area contributed by atoms with Gasteiger partial charge in [-0.25, -0.2) is 4.79 Å². The van der Waals surface area contributed by atoms with E-state index in [0.717, 1.165) is 56.4 Å². The number of hydrogen-bond donors (Lipinski definition) is 0. The second-order valence-electron chi connectivity index (χ2n) is 11.2. The van der Waals surface area contributed by atoms with E-state index in [1.54, 1.807) is 0 Å². The molecule has 3 nitrogen and oxygen atoms in total. The molecule has 0 radical (unpaired) electrons. The smallest absolute Gasteiger partial charge is 0.338 e. The average molecular weight is 545 g/mol. The monoisotopic (exact) mass is 544 g/mol. The fourth-order valence-corrected chi connectivity index (χ4v) is 5.45. The molecule has 0 N–H and O–H groups in total. The van der Waals surface area contributed by atoms with E-state index in [-0.39, 0.29) is 12.1 Å². The maximum Gasteiger partial charge on any atom is 0.338 e. The molecule has 40 heavy (non-hydrogen) atoms. The van der Waals surface area contributed by atoms with Crippen molar-refractivity contribution in [3.05, 3.63) is 77.4 Å². The van der Waals surface area contributed by atoms with Gasteiger partial charge < -0.3 is 9.47 Å². The number of aryl methyl sites for hydroxylation is 2. The van der Waals surface area contributed by atoms with Crippen LogP contribution in [0, 0.1) is 0 Å². The summed E-state index contributed by atoms with van der Waals surface area (Å²) in [5.41, 5.74) is 3.05. The van der Waals surface area contributed by atoms with Gasteiger partial charge in [-0.2, -0.15) is 0 Å². The van der Waals surface area contributed by atoms with Crippen LogP contribution in [0.15, 0.2) is 60.7 Å². The summed E-state index contributed by atoms with van der Waals surface area (Å²) in [6, 6.07) is 20.9. The molecule has 3 aromatic carbocycles. The Bertz CT molecular complexity index is 1140. The molecule has 0 saturated heterocycles. The summed E-state index contributed by atoms with van der Waals surface area (Å²) in [5, 5.41) is 2.46. The van der Waals surface area contributed by atoms with Gasteiger partial charge in [0.05, 0.1) is 12.2 Å². The van der Waals surface area contributed by atoms with Crippen molar-refractivity contribution >= 4 is 16.7 Å². The van der Waals surface area contributed by atoms with Gasteiger partial charge in [0.2, 0.25) is 0 Å². The van der Waals surface area contributed by atoms with E-state index < -0.39 is 0 Å². The molecule has 0 aliphatic heterocycles. The zero-order valence-electron chi connectivity index (χ0n) is 25.4. The van der Waals surface area contributed by atoms with Crippen LogP contribution in [0.5, 0.6) is 5.75 Å². The molecule has 0 saturated carbocycles. The Labute approximate surface area is 243 Å². The number of fused-ring (bicyclic) bond motifs is 1. The highest BCUT2D eigenvalue weighted by molar-refractivity contribution is 5.91. The SMILES string of the molecule is CCCCCCCCCCOc1ccc2c(CCc3ccccc3C(=O)OC(CC)CCCCC)cccc2c1. The minimum absolute atomic E-state index is 0.00265. The third-order valence-electron chi connectivity index (χ3n) is 7.97. The number of carbonyl (C=O) groups excluding carboxylic acids is 1. The zero-order chi connectivity index (χ0) is 28.4. The fourth-order valence-electron chi connectivity index (χ4n) is 5.45. The predicted octanol–water partition coefficient (Wildman–Crippen LogP) is 10.7. The van der Waals surface area contributed by atoms with E-state index >= 15 is 0 Å². The molecule has 0 aromatic heterocycles. The second-order valence-corrected chi connectivity index (χ2v) is 11.2. The van der Waals surface area contributed by atoms with Crippen LogP contribution in [0.1, 0.15) is 126 Å². The van der Waals surface area contributed by atoms with Crippen LogP contribution in [0.2, 0.25) is 0 Å². The average Bonchev–Trinajstić information content (AvgIpc) is 2.98. The van der Waals surface area contributed by atoms with Crippen molar-refractivity contribution in [2.45, 2.75) is 123 Å². The topological polar surface area (TPSA) is 35.5 Å². The molecule has 3 aromatic rings. The van der Waals surface area contributed by atoms with E-state index in [1.807, 2.05) is 18.2 Å². The summed E-state index contributed by atoms with van der Waals surface area (Å²) in [4.78, 5) is 13.1. The van der Waals surface area contributed by atoms with Gasteiger partial charge >= 0.3 is 5.97 Å². The van der Waals surface area contributed by atoms with E-state index in [1.165, 1.54) is 74.1 Å². The van der Waals surface area contributed by atoms with Crippen LogP contribution in [-0.4, -0.2) is 18.7 Å². The number of ether oxygens (including phenoxy) is 2. The van der Waals surface area contributed by atoms with Crippen molar-refractivity contribution in [3.8, 4) is 5.75 Å². The Morgan fingerprint density at radius 3 is 2.15 bits per heavy atom. The molecular formula is C37H52O3. The molecule has 0 fully saturated rings. The number of unbranched alkanes of at least 4 members (excludes halogenated alkanes) is 9. The van der Waals surface area contributed by atoms with Gasteiger partial charge in [0.1, 0.15) is 11.9 Å². The quantitative estimate of drug-likeness (QED) is 0.105. The maximum absolute atomic E-state index is 13.1. The van der Waals surface area contributed by atoms with Crippen molar-refractivity contribution in [3.63, 3.8) is 0 Å². The van der Waals surface area contributed by atoms with Crippen molar-refractivity contribution in [1.82, 2.24) is 0 Å². The molecule has 0 aliphatic carbocycles. The number of carbonyl (C=O) groups is 1. The lowest BCUT2D eigenvalue weighted by Gasteiger charge is -2.17. The molecule has 0 bridgehead atoms. The Morgan fingerprint density at radius 1 is 0.700 bits per heavy atom. The Balaban J connectivity index is 1.54. The lowest BCUT2D eigenvalue weighted by atomic mass is 9.96.